The molecule has 0 bridgehead atoms. The molecule has 0 aromatic heterocycles. The van der Waals surface area contributed by atoms with Crippen molar-refractivity contribution in [1.82, 2.24) is 0 Å². The van der Waals surface area contributed by atoms with E-state index in [0.717, 1.165) is 16.3 Å². The molecule has 0 N–H and O–H groups in total. The van der Waals surface area contributed by atoms with Gasteiger partial charge in [-0.3, -0.25) is 4.79 Å². The highest BCUT2D eigenvalue weighted by atomic mass is 79.9. The van der Waals surface area contributed by atoms with Gasteiger partial charge in [0.25, 0.3) is 0 Å². The third-order valence-electron chi connectivity index (χ3n) is 3.26. The summed E-state index contributed by atoms with van der Waals surface area (Å²) in [6, 6.07) is 8.66. The lowest BCUT2D eigenvalue weighted by Crippen LogP contribution is -2.01. The van der Waals surface area contributed by atoms with Crippen molar-refractivity contribution in [3.8, 4) is 23.0 Å². The molecule has 0 heterocycles. The monoisotopic (exact) mass is 380 g/mol. The van der Waals surface area contributed by atoms with Gasteiger partial charge in [0, 0.05) is 15.6 Å². The lowest BCUT2D eigenvalue weighted by Gasteiger charge is -2.14. The summed E-state index contributed by atoms with van der Waals surface area (Å²) >= 11 is 3.49. The predicted octanol–water partition coefficient (Wildman–Crippen LogP) is 3.87. The smallest absolute Gasteiger partial charge is 0.162 e. The van der Waals surface area contributed by atoms with E-state index in [1.807, 2.05) is 12.1 Å². The average Bonchev–Trinajstić information content (AvgIpc) is 2.59. The minimum absolute atomic E-state index is 0.277. The van der Waals surface area contributed by atoms with Crippen molar-refractivity contribution in [2.45, 2.75) is 6.61 Å². The highest BCUT2D eigenvalue weighted by Gasteiger charge is 2.12. The summed E-state index contributed by atoms with van der Waals surface area (Å²) in [4.78, 5) is 10.9. The van der Waals surface area contributed by atoms with Crippen LogP contribution in [0.1, 0.15) is 15.9 Å². The Bertz CT molecular complexity index is 700. The summed E-state index contributed by atoms with van der Waals surface area (Å²) in [7, 11) is 4.71. The Kier molecular flexibility index (Phi) is 5.87. The molecule has 0 aliphatic rings. The Balaban J connectivity index is 2.25. The average molecular weight is 381 g/mol. The maximum Gasteiger partial charge on any atom is 0.162 e. The van der Waals surface area contributed by atoms with Crippen molar-refractivity contribution in [2.24, 2.45) is 0 Å². The first-order valence-corrected chi connectivity index (χ1v) is 7.58. The quantitative estimate of drug-likeness (QED) is 0.682. The van der Waals surface area contributed by atoms with Gasteiger partial charge in [0.15, 0.2) is 23.0 Å². The van der Waals surface area contributed by atoms with E-state index in [0.29, 0.717) is 28.6 Å². The van der Waals surface area contributed by atoms with Crippen molar-refractivity contribution < 1.29 is 23.7 Å². The molecule has 2 aromatic carbocycles. The second-order valence-corrected chi connectivity index (χ2v) is 5.47. The second kappa shape index (κ2) is 7.87. The normalized spacial score (nSPS) is 10.1. The van der Waals surface area contributed by atoms with E-state index in [9.17, 15) is 4.79 Å². The largest absolute Gasteiger partial charge is 0.493 e. The highest BCUT2D eigenvalue weighted by Crippen LogP contribution is 2.35. The molecule has 0 saturated heterocycles. The minimum atomic E-state index is 0.277. The molecular weight excluding hydrogens is 364 g/mol. The molecule has 5 nitrogen and oxygen atoms in total. The van der Waals surface area contributed by atoms with E-state index in [1.165, 1.54) is 0 Å². The topological polar surface area (TPSA) is 54.0 Å². The van der Waals surface area contributed by atoms with Gasteiger partial charge in [-0.05, 0) is 30.3 Å². The van der Waals surface area contributed by atoms with Gasteiger partial charge in [0.1, 0.15) is 12.9 Å². The molecule has 23 heavy (non-hydrogen) atoms. The van der Waals surface area contributed by atoms with E-state index in [-0.39, 0.29) is 6.61 Å². The Labute approximate surface area is 143 Å². The zero-order valence-corrected chi connectivity index (χ0v) is 14.7. The molecule has 2 rings (SSSR count). The molecule has 0 saturated carbocycles. The summed E-state index contributed by atoms with van der Waals surface area (Å²) in [6.45, 7) is 0.277. The van der Waals surface area contributed by atoms with Crippen LogP contribution in [0.2, 0.25) is 0 Å². The fourth-order valence-electron chi connectivity index (χ4n) is 2.04. The molecule has 0 spiro atoms. The Hall–Kier alpha value is -2.21. The van der Waals surface area contributed by atoms with Crippen molar-refractivity contribution in [2.75, 3.05) is 21.3 Å². The molecule has 0 unspecified atom stereocenters. The summed E-state index contributed by atoms with van der Waals surface area (Å²) < 4.78 is 22.4. The maximum absolute atomic E-state index is 10.9. The van der Waals surface area contributed by atoms with Gasteiger partial charge in [-0.25, -0.2) is 0 Å². The van der Waals surface area contributed by atoms with Crippen LogP contribution in [0.5, 0.6) is 23.0 Å². The van der Waals surface area contributed by atoms with Gasteiger partial charge in [-0.2, -0.15) is 0 Å². The van der Waals surface area contributed by atoms with Crippen molar-refractivity contribution >= 4 is 22.2 Å². The first kappa shape index (κ1) is 17.1. The van der Waals surface area contributed by atoms with E-state index in [1.54, 1.807) is 39.5 Å². The highest BCUT2D eigenvalue weighted by molar-refractivity contribution is 9.10. The van der Waals surface area contributed by atoms with Crippen LogP contribution in [-0.4, -0.2) is 27.6 Å². The number of hydrogen-bond acceptors (Lipinski definition) is 5. The fourth-order valence-corrected chi connectivity index (χ4v) is 2.48. The third-order valence-corrected chi connectivity index (χ3v) is 4.00. The van der Waals surface area contributed by atoms with E-state index in [4.69, 9.17) is 18.9 Å². The van der Waals surface area contributed by atoms with Crippen LogP contribution in [0.25, 0.3) is 0 Å². The van der Waals surface area contributed by atoms with Gasteiger partial charge >= 0.3 is 0 Å². The second-order valence-electron chi connectivity index (χ2n) is 4.62. The van der Waals surface area contributed by atoms with E-state index >= 15 is 0 Å². The van der Waals surface area contributed by atoms with Crippen molar-refractivity contribution in [3.05, 3.63) is 45.9 Å². The number of hydrogen-bond donors (Lipinski definition) is 0. The molecular formula is C17H17BrO5. The van der Waals surface area contributed by atoms with E-state index < -0.39 is 0 Å². The molecule has 122 valence electrons. The number of aldehydes is 1. The molecule has 0 fully saturated rings. The number of rotatable bonds is 7. The zero-order chi connectivity index (χ0) is 16.8. The standard InChI is InChI=1S/C17H17BrO5/c1-20-14-5-4-11(9-19)6-17(14)23-10-12-7-15(21-2)16(22-3)8-13(12)18/h4-9H,10H2,1-3H3. The number of benzene rings is 2. The minimum Gasteiger partial charge on any atom is -0.493 e. The van der Waals surface area contributed by atoms with Crippen LogP contribution in [-0.2, 0) is 6.61 Å². The molecule has 0 aliphatic carbocycles. The van der Waals surface area contributed by atoms with Gasteiger partial charge in [-0.15, -0.1) is 0 Å². The fraction of sp³-hybridized carbons (Fsp3) is 0.235. The Morgan fingerprint density at radius 2 is 1.57 bits per heavy atom. The van der Waals surface area contributed by atoms with Gasteiger partial charge < -0.3 is 18.9 Å². The number of carbonyl (C=O) groups is 1. The molecule has 6 heteroatoms. The molecule has 2 aromatic rings. The summed E-state index contributed by atoms with van der Waals surface area (Å²) in [5, 5.41) is 0. The van der Waals surface area contributed by atoms with Crippen LogP contribution >= 0.6 is 15.9 Å². The van der Waals surface area contributed by atoms with Crippen LogP contribution in [0.3, 0.4) is 0 Å². The maximum atomic E-state index is 10.9. The van der Waals surface area contributed by atoms with Crippen molar-refractivity contribution in [1.29, 1.82) is 0 Å². The zero-order valence-electron chi connectivity index (χ0n) is 13.1. The number of halogens is 1. The molecule has 0 amide bonds. The third kappa shape index (κ3) is 3.96. The summed E-state index contributed by atoms with van der Waals surface area (Å²) in [6.07, 6.45) is 0.763. The summed E-state index contributed by atoms with van der Waals surface area (Å²) in [5.41, 5.74) is 1.40. The lowest BCUT2D eigenvalue weighted by molar-refractivity contribution is 0.112. The van der Waals surface area contributed by atoms with E-state index in [2.05, 4.69) is 15.9 Å². The Morgan fingerprint density at radius 1 is 0.913 bits per heavy atom. The first-order valence-electron chi connectivity index (χ1n) is 6.79. The first-order chi connectivity index (χ1) is 11.1. The number of methoxy groups -OCH3 is 3. The summed E-state index contributed by atoms with van der Waals surface area (Å²) in [5.74, 6) is 2.30. The van der Waals surface area contributed by atoms with Crippen LogP contribution < -0.4 is 18.9 Å². The van der Waals surface area contributed by atoms with Crippen LogP contribution in [0.15, 0.2) is 34.8 Å². The lowest BCUT2D eigenvalue weighted by atomic mass is 10.2. The van der Waals surface area contributed by atoms with Gasteiger partial charge in [0.05, 0.1) is 21.3 Å². The van der Waals surface area contributed by atoms with Crippen LogP contribution in [0, 0.1) is 0 Å². The van der Waals surface area contributed by atoms with Crippen molar-refractivity contribution in [3.63, 3.8) is 0 Å². The van der Waals surface area contributed by atoms with Crippen LogP contribution in [0.4, 0.5) is 0 Å². The Morgan fingerprint density at radius 3 is 2.17 bits per heavy atom. The number of ether oxygens (including phenoxy) is 4. The molecule has 0 radical (unpaired) electrons. The SMILES string of the molecule is COc1cc(Br)c(COc2cc(C=O)ccc2OC)cc1OC. The molecule has 0 atom stereocenters. The predicted molar refractivity (Wildman–Crippen MR) is 90.0 cm³/mol. The number of carbonyl (C=O) groups excluding carboxylic acids is 1. The van der Waals surface area contributed by atoms with Gasteiger partial charge in [0.2, 0.25) is 0 Å². The molecule has 0 aliphatic heterocycles. The van der Waals surface area contributed by atoms with Gasteiger partial charge in [-0.1, -0.05) is 15.9 Å².